The van der Waals surface area contributed by atoms with Crippen LogP contribution in [0.3, 0.4) is 0 Å². The van der Waals surface area contributed by atoms with Crippen LogP contribution in [0.15, 0.2) is 54.6 Å². The molecular weight excluding hydrogens is 509 g/mol. The number of nitriles is 1. The molecule has 0 N–H and O–H groups in total. The highest BCUT2D eigenvalue weighted by atomic mass is 19.1. The largest absolute Gasteiger partial charge is 0.473 e. The lowest BCUT2D eigenvalue weighted by molar-refractivity contribution is 0.0526. The van der Waals surface area contributed by atoms with E-state index in [2.05, 4.69) is 16.4 Å². The normalized spacial score (nSPS) is 14.2. The molecule has 4 aromatic rings. The van der Waals surface area contributed by atoms with Gasteiger partial charge in [0.15, 0.2) is 0 Å². The van der Waals surface area contributed by atoms with Crippen molar-refractivity contribution < 1.29 is 18.7 Å². The summed E-state index contributed by atoms with van der Waals surface area (Å²) in [5.41, 5.74) is 4.00. The maximum absolute atomic E-state index is 14.2. The smallest absolute Gasteiger partial charge is 0.338 e. The van der Waals surface area contributed by atoms with Crippen molar-refractivity contribution in [1.82, 2.24) is 19.4 Å². The number of hydrogen-bond acceptors (Lipinski definition) is 7. The van der Waals surface area contributed by atoms with Crippen molar-refractivity contribution in [2.75, 3.05) is 19.7 Å². The molecule has 0 aliphatic carbocycles. The number of aromatic nitrogens is 3. The van der Waals surface area contributed by atoms with E-state index in [1.165, 1.54) is 6.07 Å². The Kier molecular flexibility index (Phi) is 8.37. The van der Waals surface area contributed by atoms with Crippen molar-refractivity contribution in [1.29, 1.82) is 5.26 Å². The second-order valence-corrected chi connectivity index (χ2v) is 9.85. The minimum atomic E-state index is -0.460. The zero-order valence-electron chi connectivity index (χ0n) is 22.8. The number of piperidine rings is 1. The molecule has 0 spiro atoms. The van der Waals surface area contributed by atoms with Gasteiger partial charge < -0.3 is 14.0 Å². The number of halogens is 1. The standard InChI is InChI=1S/C31H32FN5O3/c1-3-37-28-17-23(31(38)39-4-2)10-11-27(28)34-29(37)19-36-14-12-22(13-15-36)26-6-5-7-30(35-26)40-20-24-9-8-21(18-33)16-25(24)32/h5-11,16-17,22H,3-4,12-15,19-20H2,1-2H3. The molecule has 0 bridgehead atoms. The average molecular weight is 542 g/mol. The molecule has 0 saturated carbocycles. The Bertz CT molecular complexity index is 1550. The number of hydrogen-bond donors (Lipinski definition) is 0. The van der Waals surface area contributed by atoms with Crippen LogP contribution in [0.1, 0.15) is 65.6 Å². The Morgan fingerprint density at radius 3 is 2.65 bits per heavy atom. The van der Waals surface area contributed by atoms with E-state index < -0.39 is 5.82 Å². The predicted octanol–water partition coefficient (Wildman–Crippen LogP) is 5.60. The summed E-state index contributed by atoms with van der Waals surface area (Å²) in [6, 6.07) is 17.6. The number of imidazole rings is 1. The minimum Gasteiger partial charge on any atom is -0.473 e. The van der Waals surface area contributed by atoms with Gasteiger partial charge in [0.1, 0.15) is 18.2 Å². The summed E-state index contributed by atoms with van der Waals surface area (Å²) < 4.78 is 27.3. The Labute approximate surface area is 233 Å². The van der Waals surface area contributed by atoms with Crippen molar-refractivity contribution in [2.45, 2.75) is 52.3 Å². The van der Waals surface area contributed by atoms with Crippen LogP contribution in [0.2, 0.25) is 0 Å². The highest BCUT2D eigenvalue weighted by Crippen LogP contribution is 2.29. The van der Waals surface area contributed by atoms with Crippen molar-refractivity contribution in [3.8, 4) is 11.9 Å². The average Bonchev–Trinajstić information content (AvgIpc) is 3.33. The number of carbonyl (C=O) groups excluding carboxylic acids is 1. The van der Waals surface area contributed by atoms with Crippen LogP contribution < -0.4 is 4.74 Å². The molecule has 40 heavy (non-hydrogen) atoms. The van der Waals surface area contributed by atoms with E-state index in [1.54, 1.807) is 31.2 Å². The lowest BCUT2D eigenvalue weighted by Crippen LogP contribution is -2.33. The van der Waals surface area contributed by atoms with Gasteiger partial charge in [-0.1, -0.05) is 12.1 Å². The number of ether oxygens (including phenoxy) is 2. The number of rotatable bonds is 9. The maximum Gasteiger partial charge on any atom is 0.338 e. The van der Waals surface area contributed by atoms with Crippen molar-refractivity contribution in [3.63, 3.8) is 0 Å². The SMILES string of the molecule is CCOC(=O)c1ccc2nc(CN3CCC(c4cccc(OCc5ccc(C#N)cc5F)n4)CC3)n(CC)c2c1. The summed E-state index contributed by atoms with van der Waals surface area (Å²) in [6.07, 6.45) is 1.92. The molecule has 2 aromatic carbocycles. The molecule has 5 rings (SSSR count). The molecule has 9 heteroatoms. The molecule has 206 valence electrons. The highest BCUT2D eigenvalue weighted by Gasteiger charge is 2.24. The van der Waals surface area contributed by atoms with Gasteiger partial charge in [0.2, 0.25) is 5.88 Å². The molecule has 8 nitrogen and oxygen atoms in total. The fourth-order valence-corrected chi connectivity index (χ4v) is 5.20. The number of likely N-dealkylation sites (tertiary alicyclic amines) is 1. The third kappa shape index (κ3) is 5.97. The van der Waals surface area contributed by atoms with Gasteiger partial charge in [-0.05, 0) is 76.2 Å². The van der Waals surface area contributed by atoms with Gasteiger partial charge in [0, 0.05) is 29.8 Å². The summed E-state index contributed by atoms with van der Waals surface area (Å²) in [4.78, 5) is 24.2. The second-order valence-electron chi connectivity index (χ2n) is 9.85. The first-order chi connectivity index (χ1) is 19.5. The number of carbonyl (C=O) groups is 1. The topological polar surface area (TPSA) is 93.3 Å². The molecule has 0 atom stereocenters. The van der Waals surface area contributed by atoms with Crippen molar-refractivity contribution in [3.05, 3.63) is 88.6 Å². The number of fused-ring (bicyclic) bond motifs is 1. The molecule has 0 radical (unpaired) electrons. The molecule has 1 aliphatic heterocycles. The zero-order chi connectivity index (χ0) is 28.1. The summed E-state index contributed by atoms with van der Waals surface area (Å²) in [6.45, 7) is 7.60. The third-order valence-corrected chi connectivity index (χ3v) is 7.33. The Morgan fingerprint density at radius 2 is 1.93 bits per heavy atom. The molecule has 0 amide bonds. The lowest BCUT2D eigenvalue weighted by atomic mass is 9.93. The minimum absolute atomic E-state index is 0.0478. The third-order valence-electron chi connectivity index (χ3n) is 7.33. The van der Waals surface area contributed by atoms with Crippen LogP contribution in [0.4, 0.5) is 4.39 Å². The molecule has 0 unspecified atom stereocenters. The predicted molar refractivity (Wildman–Crippen MR) is 148 cm³/mol. The quantitative estimate of drug-likeness (QED) is 0.255. The van der Waals surface area contributed by atoms with Crippen LogP contribution in [0.25, 0.3) is 11.0 Å². The zero-order valence-corrected chi connectivity index (χ0v) is 22.8. The van der Waals surface area contributed by atoms with Crippen molar-refractivity contribution in [2.24, 2.45) is 0 Å². The number of aryl methyl sites for hydroxylation is 1. The molecule has 3 heterocycles. The first kappa shape index (κ1) is 27.3. The molecular formula is C31H32FN5O3. The van der Waals surface area contributed by atoms with Gasteiger partial charge in [-0.15, -0.1) is 0 Å². The number of nitrogens with zero attached hydrogens (tertiary/aromatic N) is 5. The summed E-state index contributed by atoms with van der Waals surface area (Å²) in [5.74, 6) is 0.978. The molecule has 1 fully saturated rings. The summed E-state index contributed by atoms with van der Waals surface area (Å²) in [7, 11) is 0. The highest BCUT2D eigenvalue weighted by molar-refractivity contribution is 5.93. The summed E-state index contributed by atoms with van der Waals surface area (Å²) in [5, 5.41) is 8.92. The van der Waals surface area contributed by atoms with Crippen LogP contribution in [-0.4, -0.2) is 45.1 Å². The fraction of sp³-hybridized carbons (Fsp3) is 0.355. The van der Waals surface area contributed by atoms with Gasteiger partial charge >= 0.3 is 5.97 Å². The summed E-state index contributed by atoms with van der Waals surface area (Å²) >= 11 is 0. The van der Waals surface area contributed by atoms with E-state index in [9.17, 15) is 9.18 Å². The lowest BCUT2D eigenvalue weighted by Gasteiger charge is -2.31. The first-order valence-electron chi connectivity index (χ1n) is 13.7. The van der Waals surface area contributed by atoms with Gasteiger partial charge in [-0.2, -0.15) is 5.26 Å². The fourth-order valence-electron chi connectivity index (χ4n) is 5.20. The van der Waals surface area contributed by atoms with E-state index in [0.29, 0.717) is 29.5 Å². The van der Waals surface area contributed by atoms with E-state index in [0.717, 1.165) is 61.6 Å². The molecule has 1 aliphatic rings. The molecule has 1 saturated heterocycles. The number of esters is 1. The van der Waals surface area contributed by atoms with E-state index in [4.69, 9.17) is 24.7 Å². The second kappa shape index (κ2) is 12.3. The van der Waals surface area contributed by atoms with E-state index in [1.807, 2.05) is 30.3 Å². The van der Waals surface area contributed by atoms with E-state index >= 15 is 0 Å². The Balaban J connectivity index is 1.20. The van der Waals surface area contributed by atoms with Crippen LogP contribution >= 0.6 is 0 Å². The van der Waals surface area contributed by atoms with Gasteiger partial charge in [0.05, 0.1) is 41.4 Å². The number of benzene rings is 2. The van der Waals surface area contributed by atoms with Crippen molar-refractivity contribution >= 4 is 17.0 Å². The Morgan fingerprint density at radius 1 is 1.10 bits per heavy atom. The monoisotopic (exact) mass is 541 g/mol. The maximum atomic E-state index is 14.2. The van der Waals surface area contributed by atoms with Gasteiger partial charge in [0.25, 0.3) is 0 Å². The van der Waals surface area contributed by atoms with Gasteiger partial charge in [-0.3, -0.25) is 4.90 Å². The van der Waals surface area contributed by atoms with E-state index in [-0.39, 0.29) is 18.1 Å². The van der Waals surface area contributed by atoms with Crippen LogP contribution in [-0.2, 0) is 24.4 Å². The van der Waals surface area contributed by atoms with Crippen LogP contribution in [0.5, 0.6) is 5.88 Å². The first-order valence-corrected chi connectivity index (χ1v) is 13.7. The number of pyridine rings is 1. The van der Waals surface area contributed by atoms with Gasteiger partial charge in [-0.25, -0.2) is 19.2 Å². The molecule has 2 aromatic heterocycles. The van der Waals surface area contributed by atoms with Crippen LogP contribution in [0, 0.1) is 17.1 Å². The Hall–Kier alpha value is -4.29.